The summed E-state index contributed by atoms with van der Waals surface area (Å²) in [5.74, 6) is -0.0556. The second-order valence-electron chi connectivity index (χ2n) is 4.70. The van der Waals surface area contributed by atoms with Crippen molar-refractivity contribution < 1.29 is 4.79 Å². The Labute approximate surface area is 130 Å². The molecule has 1 amide bonds. The Morgan fingerprint density at radius 2 is 1.95 bits per heavy atom. The summed E-state index contributed by atoms with van der Waals surface area (Å²) in [5.41, 5.74) is 2.63. The lowest BCUT2D eigenvalue weighted by Crippen LogP contribution is -2.17. The zero-order valence-corrected chi connectivity index (χ0v) is 13.2. The maximum atomic E-state index is 12.5. The van der Waals surface area contributed by atoms with E-state index >= 15 is 0 Å². The summed E-state index contributed by atoms with van der Waals surface area (Å²) in [6.45, 7) is 0.853. The molecule has 0 bridgehead atoms. The fourth-order valence-electron chi connectivity index (χ4n) is 2.12. The molecule has 0 saturated carbocycles. The van der Waals surface area contributed by atoms with Crippen molar-refractivity contribution in [2.75, 3.05) is 25.2 Å². The smallest absolute Gasteiger partial charge is 0.255 e. The van der Waals surface area contributed by atoms with E-state index < -0.39 is 0 Å². The van der Waals surface area contributed by atoms with Crippen molar-refractivity contribution in [2.24, 2.45) is 0 Å². The molecule has 0 heterocycles. The second-order valence-corrected chi connectivity index (χ2v) is 5.58. The summed E-state index contributed by atoms with van der Waals surface area (Å²) >= 11 is 1.66. The fourth-order valence-corrected chi connectivity index (χ4v) is 2.58. The number of carbonyl (C=O) groups is 1. The molecule has 0 aliphatic carbocycles. The highest BCUT2D eigenvalue weighted by molar-refractivity contribution is 7.98. The standard InChI is InChI=1S/C17H20N2OS/c1-18-11-10-13-6-3-4-9-16(13)17(20)19-14-7-5-8-15(12-14)21-2/h3-9,12,18H,10-11H2,1-2H3,(H,19,20). The van der Waals surface area contributed by atoms with Gasteiger partial charge in [-0.2, -0.15) is 0 Å². The lowest BCUT2D eigenvalue weighted by molar-refractivity contribution is 0.102. The van der Waals surface area contributed by atoms with Gasteiger partial charge in [0.25, 0.3) is 5.91 Å². The van der Waals surface area contributed by atoms with E-state index in [9.17, 15) is 4.79 Å². The van der Waals surface area contributed by atoms with Gasteiger partial charge in [-0.15, -0.1) is 11.8 Å². The number of hydrogen-bond acceptors (Lipinski definition) is 3. The first kappa shape index (κ1) is 15.6. The van der Waals surface area contributed by atoms with Crippen LogP contribution >= 0.6 is 11.8 Å². The normalized spacial score (nSPS) is 10.4. The zero-order valence-electron chi connectivity index (χ0n) is 12.3. The molecule has 2 N–H and O–H groups in total. The van der Waals surface area contributed by atoms with Gasteiger partial charge in [0, 0.05) is 16.1 Å². The third-order valence-corrected chi connectivity index (χ3v) is 3.96. The summed E-state index contributed by atoms with van der Waals surface area (Å²) in [6.07, 6.45) is 2.86. The van der Waals surface area contributed by atoms with Gasteiger partial charge in [-0.3, -0.25) is 4.79 Å². The molecule has 0 atom stereocenters. The predicted octanol–water partition coefficient (Wildman–Crippen LogP) is 3.42. The number of likely N-dealkylation sites (N-methyl/N-ethyl adjacent to an activating group) is 1. The monoisotopic (exact) mass is 300 g/mol. The van der Waals surface area contributed by atoms with Gasteiger partial charge in [0.05, 0.1) is 0 Å². The molecule has 0 unspecified atom stereocenters. The van der Waals surface area contributed by atoms with Gasteiger partial charge in [-0.25, -0.2) is 0 Å². The van der Waals surface area contributed by atoms with Crippen LogP contribution in [0.1, 0.15) is 15.9 Å². The van der Waals surface area contributed by atoms with Crippen LogP contribution in [0.4, 0.5) is 5.69 Å². The molecular formula is C17H20N2OS. The Morgan fingerprint density at radius 3 is 2.71 bits per heavy atom. The van der Waals surface area contributed by atoms with Crippen molar-refractivity contribution in [1.29, 1.82) is 0 Å². The van der Waals surface area contributed by atoms with Gasteiger partial charge in [0.1, 0.15) is 0 Å². The van der Waals surface area contributed by atoms with E-state index in [1.54, 1.807) is 11.8 Å². The van der Waals surface area contributed by atoms with E-state index in [0.29, 0.717) is 0 Å². The SMILES string of the molecule is CNCCc1ccccc1C(=O)Nc1cccc(SC)c1. The summed E-state index contributed by atoms with van der Waals surface area (Å²) in [7, 11) is 1.91. The highest BCUT2D eigenvalue weighted by Gasteiger charge is 2.10. The van der Waals surface area contributed by atoms with Crippen LogP contribution in [0, 0.1) is 0 Å². The van der Waals surface area contributed by atoms with Crippen LogP contribution in [0.25, 0.3) is 0 Å². The van der Waals surface area contributed by atoms with E-state index in [1.807, 2.05) is 61.8 Å². The van der Waals surface area contributed by atoms with Crippen molar-refractivity contribution in [3.05, 3.63) is 59.7 Å². The Bertz CT molecular complexity index is 613. The van der Waals surface area contributed by atoms with Crippen LogP contribution in [0.5, 0.6) is 0 Å². The first-order valence-corrected chi connectivity index (χ1v) is 8.15. The molecule has 0 saturated heterocycles. The maximum Gasteiger partial charge on any atom is 0.255 e. The molecule has 21 heavy (non-hydrogen) atoms. The Hall–Kier alpha value is -1.78. The van der Waals surface area contributed by atoms with Crippen molar-refractivity contribution >= 4 is 23.4 Å². The van der Waals surface area contributed by atoms with Gasteiger partial charge in [0.15, 0.2) is 0 Å². The quantitative estimate of drug-likeness (QED) is 0.803. The third-order valence-electron chi connectivity index (χ3n) is 3.23. The molecule has 2 aromatic rings. The number of carbonyl (C=O) groups excluding carboxylic acids is 1. The zero-order chi connectivity index (χ0) is 15.1. The van der Waals surface area contributed by atoms with Crippen LogP contribution in [0.2, 0.25) is 0 Å². The van der Waals surface area contributed by atoms with Crippen LogP contribution < -0.4 is 10.6 Å². The van der Waals surface area contributed by atoms with E-state index in [1.165, 1.54) is 0 Å². The number of benzene rings is 2. The van der Waals surface area contributed by atoms with Gasteiger partial charge in [0.2, 0.25) is 0 Å². The second kappa shape index (κ2) is 7.86. The molecular weight excluding hydrogens is 280 g/mol. The van der Waals surface area contributed by atoms with E-state index in [0.717, 1.165) is 34.7 Å². The number of hydrogen-bond donors (Lipinski definition) is 2. The topological polar surface area (TPSA) is 41.1 Å². The minimum atomic E-state index is -0.0556. The van der Waals surface area contributed by atoms with Crippen molar-refractivity contribution in [2.45, 2.75) is 11.3 Å². The van der Waals surface area contributed by atoms with Crippen LogP contribution in [0.3, 0.4) is 0 Å². The Kier molecular flexibility index (Phi) is 5.84. The largest absolute Gasteiger partial charge is 0.322 e. The molecule has 0 radical (unpaired) electrons. The number of amides is 1. The van der Waals surface area contributed by atoms with E-state index in [-0.39, 0.29) is 5.91 Å². The summed E-state index contributed by atoms with van der Waals surface area (Å²) in [4.78, 5) is 13.6. The fraction of sp³-hybridized carbons (Fsp3) is 0.235. The average molecular weight is 300 g/mol. The van der Waals surface area contributed by atoms with Crippen molar-refractivity contribution in [3.63, 3.8) is 0 Å². The molecule has 2 rings (SSSR count). The molecule has 2 aromatic carbocycles. The molecule has 0 aliphatic heterocycles. The van der Waals surface area contributed by atoms with E-state index in [2.05, 4.69) is 10.6 Å². The highest BCUT2D eigenvalue weighted by Crippen LogP contribution is 2.20. The van der Waals surface area contributed by atoms with E-state index in [4.69, 9.17) is 0 Å². The van der Waals surface area contributed by atoms with Gasteiger partial charge in [-0.05, 0) is 56.1 Å². The first-order valence-electron chi connectivity index (χ1n) is 6.92. The van der Waals surface area contributed by atoms with Gasteiger partial charge < -0.3 is 10.6 Å². The minimum absolute atomic E-state index is 0.0556. The van der Waals surface area contributed by atoms with Crippen molar-refractivity contribution in [1.82, 2.24) is 5.32 Å². The Balaban J connectivity index is 2.16. The molecule has 0 aliphatic rings. The molecule has 110 valence electrons. The lowest BCUT2D eigenvalue weighted by atomic mass is 10.0. The number of rotatable bonds is 6. The van der Waals surface area contributed by atoms with Crippen molar-refractivity contribution in [3.8, 4) is 0 Å². The Morgan fingerprint density at radius 1 is 1.14 bits per heavy atom. The highest BCUT2D eigenvalue weighted by atomic mass is 32.2. The summed E-state index contributed by atoms with van der Waals surface area (Å²) in [5, 5.41) is 6.09. The first-order chi connectivity index (χ1) is 10.2. The predicted molar refractivity (Wildman–Crippen MR) is 90.2 cm³/mol. The number of nitrogens with one attached hydrogen (secondary N) is 2. The molecule has 0 spiro atoms. The lowest BCUT2D eigenvalue weighted by Gasteiger charge is -2.10. The van der Waals surface area contributed by atoms with Gasteiger partial charge in [-0.1, -0.05) is 24.3 Å². The van der Waals surface area contributed by atoms with Crippen LogP contribution in [0.15, 0.2) is 53.4 Å². The average Bonchev–Trinajstić information content (AvgIpc) is 2.53. The molecule has 4 heteroatoms. The molecule has 0 aromatic heterocycles. The minimum Gasteiger partial charge on any atom is -0.322 e. The third kappa shape index (κ3) is 4.34. The molecule has 3 nitrogen and oxygen atoms in total. The number of thioether (sulfide) groups is 1. The molecule has 0 fully saturated rings. The number of anilines is 1. The maximum absolute atomic E-state index is 12.5. The van der Waals surface area contributed by atoms with Gasteiger partial charge >= 0.3 is 0 Å². The van der Waals surface area contributed by atoms with Crippen LogP contribution in [-0.2, 0) is 6.42 Å². The summed E-state index contributed by atoms with van der Waals surface area (Å²) < 4.78 is 0. The summed E-state index contributed by atoms with van der Waals surface area (Å²) in [6, 6.07) is 15.6. The van der Waals surface area contributed by atoms with Crippen LogP contribution in [-0.4, -0.2) is 25.8 Å².